The van der Waals surface area contributed by atoms with Gasteiger partial charge in [0.25, 0.3) is 0 Å². The monoisotopic (exact) mass is 574 g/mol. The average Bonchev–Trinajstić information content (AvgIpc) is 3.15. The van der Waals surface area contributed by atoms with Gasteiger partial charge in [0.2, 0.25) is 5.60 Å². The molecule has 1 aliphatic heterocycles. The van der Waals surface area contributed by atoms with Crippen LogP contribution in [-0.2, 0) is 10.4 Å². The summed E-state index contributed by atoms with van der Waals surface area (Å²) in [4.78, 5) is 21.4. The molecule has 0 radical (unpaired) electrons. The standard InChI is InChI=1S/C23H16BrCl2F3N2O3/c1-12-7-13(5-6-17(12)21(32)33)18-11-22(23(27,28)29,14-8-15(25)10-16(26)9-14)34-31(18)20-4-2-3-19(24)30-20/h2-10,18H,11H2,1H3,(H,32,33). The topological polar surface area (TPSA) is 62.7 Å². The average molecular weight is 576 g/mol. The fourth-order valence-corrected chi connectivity index (χ4v) is 4.89. The molecule has 2 heterocycles. The molecule has 1 N–H and O–H groups in total. The first-order valence-corrected chi connectivity index (χ1v) is 11.4. The highest BCUT2D eigenvalue weighted by atomic mass is 79.9. The summed E-state index contributed by atoms with van der Waals surface area (Å²) in [7, 11) is 0. The summed E-state index contributed by atoms with van der Waals surface area (Å²) in [6.07, 6.45) is -5.40. The highest BCUT2D eigenvalue weighted by molar-refractivity contribution is 9.10. The lowest BCUT2D eigenvalue weighted by molar-refractivity contribution is -0.272. The van der Waals surface area contributed by atoms with Crippen molar-refractivity contribution >= 4 is 50.9 Å². The van der Waals surface area contributed by atoms with Gasteiger partial charge in [-0.15, -0.1) is 0 Å². The van der Waals surface area contributed by atoms with E-state index in [0.717, 1.165) is 5.06 Å². The number of aromatic nitrogens is 1. The van der Waals surface area contributed by atoms with E-state index in [1.54, 1.807) is 25.1 Å². The number of hydrogen-bond acceptors (Lipinski definition) is 4. The Morgan fingerprint density at radius 1 is 1.18 bits per heavy atom. The zero-order valence-corrected chi connectivity index (χ0v) is 20.5. The van der Waals surface area contributed by atoms with Crippen molar-refractivity contribution in [3.05, 3.63) is 91.5 Å². The minimum absolute atomic E-state index is 0.0342. The smallest absolute Gasteiger partial charge is 0.424 e. The van der Waals surface area contributed by atoms with Crippen LogP contribution in [0, 0.1) is 6.92 Å². The molecule has 4 rings (SSSR count). The molecule has 3 aromatic rings. The third kappa shape index (κ3) is 4.49. The zero-order valence-electron chi connectivity index (χ0n) is 17.4. The Hall–Kier alpha value is -2.33. The van der Waals surface area contributed by atoms with Crippen molar-refractivity contribution in [3.63, 3.8) is 0 Å². The molecule has 0 amide bonds. The number of hydroxylamine groups is 1. The van der Waals surface area contributed by atoms with Gasteiger partial charge in [-0.1, -0.05) is 41.4 Å². The Balaban J connectivity index is 1.91. The Kier molecular flexibility index (Phi) is 6.58. The number of rotatable bonds is 4. The van der Waals surface area contributed by atoms with E-state index < -0.39 is 30.2 Å². The molecule has 0 aliphatic carbocycles. The van der Waals surface area contributed by atoms with E-state index in [2.05, 4.69) is 20.9 Å². The number of carboxylic acid groups (broad SMARTS) is 1. The summed E-state index contributed by atoms with van der Waals surface area (Å²) >= 11 is 15.3. The molecule has 178 valence electrons. The van der Waals surface area contributed by atoms with Crippen molar-refractivity contribution in [1.29, 1.82) is 0 Å². The number of carboxylic acids is 1. The van der Waals surface area contributed by atoms with Gasteiger partial charge >= 0.3 is 12.1 Å². The Morgan fingerprint density at radius 3 is 2.41 bits per heavy atom. The molecule has 2 unspecified atom stereocenters. The molecule has 0 saturated carbocycles. The Labute approximate surface area is 211 Å². The SMILES string of the molecule is Cc1cc(C2CC(c3cc(Cl)cc(Cl)c3)(C(F)(F)F)ON2c2cccc(Br)n2)ccc1C(=O)O. The van der Waals surface area contributed by atoms with Gasteiger partial charge in [-0.2, -0.15) is 13.2 Å². The van der Waals surface area contributed by atoms with Crippen LogP contribution in [0.3, 0.4) is 0 Å². The van der Waals surface area contributed by atoms with Crippen LogP contribution >= 0.6 is 39.1 Å². The highest BCUT2D eigenvalue weighted by Gasteiger charge is 2.64. The predicted molar refractivity (Wildman–Crippen MR) is 125 cm³/mol. The molecule has 1 fully saturated rings. The van der Waals surface area contributed by atoms with Crippen LogP contribution < -0.4 is 5.06 Å². The molecule has 1 aliphatic rings. The number of halogens is 6. The molecular weight excluding hydrogens is 560 g/mol. The molecule has 2 atom stereocenters. The number of benzene rings is 2. The van der Waals surface area contributed by atoms with Gasteiger partial charge in [0.15, 0.2) is 5.82 Å². The van der Waals surface area contributed by atoms with Gasteiger partial charge in [-0.3, -0.25) is 4.84 Å². The van der Waals surface area contributed by atoms with E-state index in [1.165, 1.54) is 36.4 Å². The van der Waals surface area contributed by atoms with Gasteiger partial charge in [0.1, 0.15) is 4.60 Å². The van der Waals surface area contributed by atoms with Crippen LogP contribution in [0.4, 0.5) is 19.0 Å². The van der Waals surface area contributed by atoms with E-state index in [1.807, 2.05) is 0 Å². The number of pyridine rings is 1. The predicted octanol–water partition coefficient (Wildman–Crippen LogP) is 7.50. The van der Waals surface area contributed by atoms with Crippen LogP contribution in [-0.4, -0.2) is 22.2 Å². The summed E-state index contributed by atoms with van der Waals surface area (Å²) < 4.78 is 44.6. The highest BCUT2D eigenvalue weighted by Crippen LogP contribution is 2.56. The van der Waals surface area contributed by atoms with Gasteiger partial charge < -0.3 is 5.11 Å². The molecule has 11 heteroatoms. The van der Waals surface area contributed by atoms with Crippen LogP contribution in [0.5, 0.6) is 0 Å². The number of aromatic carboxylic acids is 1. The molecular formula is C23H16BrCl2F3N2O3. The van der Waals surface area contributed by atoms with Gasteiger partial charge in [0, 0.05) is 16.5 Å². The maximum absolute atomic E-state index is 14.7. The maximum Gasteiger partial charge on any atom is 0.424 e. The largest absolute Gasteiger partial charge is 0.478 e. The van der Waals surface area contributed by atoms with Crippen LogP contribution in [0.15, 0.2) is 59.2 Å². The number of anilines is 1. The van der Waals surface area contributed by atoms with Gasteiger partial charge in [-0.25, -0.2) is 14.8 Å². The number of alkyl halides is 3. The lowest BCUT2D eigenvalue weighted by atomic mass is 9.85. The van der Waals surface area contributed by atoms with Crippen molar-refractivity contribution < 1.29 is 27.9 Å². The van der Waals surface area contributed by atoms with E-state index >= 15 is 0 Å². The summed E-state index contributed by atoms with van der Waals surface area (Å²) in [5, 5.41) is 10.5. The third-order valence-corrected chi connectivity index (χ3v) is 6.47. The lowest BCUT2D eigenvalue weighted by Crippen LogP contribution is -2.43. The van der Waals surface area contributed by atoms with Crippen LogP contribution in [0.25, 0.3) is 0 Å². The molecule has 1 aromatic heterocycles. The van der Waals surface area contributed by atoms with E-state index in [4.69, 9.17) is 28.0 Å². The summed E-state index contributed by atoms with van der Waals surface area (Å²) in [5.41, 5.74) is -2.14. The number of aryl methyl sites for hydroxylation is 1. The van der Waals surface area contributed by atoms with E-state index in [9.17, 15) is 23.1 Å². The van der Waals surface area contributed by atoms with Gasteiger partial charge in [-0.05, 0) is 75.9 Å². The Bertz CT molecular complexity index is 1250. The fourth-order valence-electron chi connectivity index (χ4n) is 4.03. The minimum Gasteiger partial charge on any atom is -0.478 e. The zero-order chi connectivity index (χ0) is 24.8. The number of hydrogen-bond donors (Lipinski definition) is 1. The normalized spacial score (nSPS) is 20.6. The third-order valence-electron chi connectivity index (χ3n) is 5.60. The summed E-state index contributed by atoms with van der Waals surface area (Å²) in [6, 6.07) is 11.9. The van der Waals surface area contributed by atoms with Crippen molar-refractivity contribution in [3.8, 4) is 0 Å². The first kappa shape index (κ1) is 24.8. The lowest BCUT2D eigenvalue weighted by Gasteiger charge is -2.31. The summed E-state index contributed by atoms with van der Waals surface area (Å²) in [6.45, 7) is 1.58. The molecule has 34 heavy (non-hydrogen) atoms. The van der Waals surface area contributed by atoms with Crippen molar-refractivity contribution in [2.24, 2.45) is 0 Å². The van der Waals surface area contributed by atoms with Crippen LogP contribution in [0.1, 0.15) is 39.5 Å². The van der Waals surface area contributed by atoms with Crippen molar-refractivity contribution in [2.75, 3.05) is 5.06 Å². The molecule has 2 aromatic carbocycles. The van der Waals surface area contributed by atoms with Crippen molar-refractivity contribution in [1.82, 2.24) is 4.98 Å². The molecule has 0 spiro atoms. The second-order valence-corrected chi connectivity index (χ2v) is 9.50. The Morgan fingerprint density at radius 2 is 1.85 bits per heavy atom. The summed E-state index contributed by atoms with van der Waals surface area (Å²) in [5.74, 6) is -0.992. The first-order valence-electron chi connectivity index (χ1n) is 9.89. The fraction of sp³-hybridized carbons (Fsp3) is 0.217. The first-order chi connectivity index (χ1) is 15.9. The second kappa shape index (κ2) is 9.03. The van der Waals surface area contributed by atoms with E-state index in [-0.39, 0.29) is 27.0 Å². The second-order valence-electron chi connectivity index (χ2n) is 7.82. The van der Waals surface area contributed by atoms with Crippen molar-refractivity contribution in [2.45, 2.75) is 31.2 Å². The molecule has 0 bridgehead atoms. The quantitative estimate of drug-likeness (QED) is 0.326. The minimum atomic E-state index is -4.85. The van der Waals surface area contributed by atoms with E-state index in [0.29, 0.717) is 15.7 Å². The number of nitrogens with zero attached hydrogens (tertiary/aromatic N) is 2. The number of carbonyl (C=O) groups is 1. The molecule has 1 saturated heterocycles. The molecule has 5 nitrogen and oxygen atoms in total. The van der Waals surface area contributed by atoms with Crippen LogP contribution in [0.2, 0.25) is 10.0 Å². The van der Waals surface area contributed by atoms with Gasteiger partial charge in [0.05, 0.1) is 11.6 Å². The maximum atomic E-state index is 14.7.